The summed E-state index contributed by atoms with van der Waals surface area (Å²) in [5, 5.41) is 10.3. The van der Waals surface area contributed by atoms with Gasteiger partial charge in [0.1, 0.15) is 13.2 Å². The molecule has 17 heavy (non-hydrogen) atoms. The molecule has 0 amide bonds. The molecule has 1 aliphatic rings. The van der Waals surface area contributed by atoms with Crippen LogP contribution < -0.4 is 14.2 Å². The second-order valence-corrected chi connectivity index (χ2v) is 3.63. The van der Waals surface area contributed by atoms with E-state index in [9.17, 15) is 10.1 Å². The van der Waals surface area contributed by atoms with E-state index in [-0.39, 0.29) is 11.5 Å². The quantitative estimate of drug-likeness (QED) is 0.584. The summed E-state index contributed by atoms with van der Waals surface area (Å²) in [6, 6.07) is 3.51. The summed E-state index contributed by atoms with van der Waals surface area (Å²) in [5.41, 5.74) is 0.808. The Balaban J connectivity index is 2.26. The van der Waals surface area contributed by atoms with Gasteiger partial charge in [-0.05, 0) is 17.7 Å². The molecule has 0 spiro atoms. The van der Waals surface area contributed by atoms with Crippen molar-refractivity contribution in [2.75, 3.05) is 26.9 Å². The molecule has 1 aliphatic heterocycles. The van der Waals surface area contributed by atoms with Crippen molar-refractivity contribution in [2.24, 2.45) is 0 Å². The van der Waals surface area contributed by atoms with Crippen molar-refractivity contribution < 1.29 is 19.1 Å². The number of ether oxygens (including phenoxy) is 3. The van der Waals surface area contributed by atoms with Gasteiger partial charge in [0.25, 0.3) is 0 Å². The Morgan fingerprint density at radius 2 is 2.18 bits per heavy atom. The lowest BCUT2D eigenvalue weighted by atomic mass is 10.1. The Kier molecular flexibility index (Phi) is 3.32. The predicted octanol–water partition coefficient (Wildman–Crippen LogP) is 1.29. The van der Waals surface area contributed by atoms with Gasteiger partial charge in [0, 0.05) is 11.3 Å². The minimum absolute atomic E-state index is 0.108. The molecule has 1 aromatic rings. The van der Waals surface area contributed by atoms with Crippen molar-refractivity contribution in [3.63, 3.8) is 0 Å². The molecule has 0 saturated heterocycles. The average molecular weight is 239 g/mol. The van der Waals surface area contributed by atoms with Gasteiger partial charge >= 0.3 is 0 Å². The molecule has 0 aliphatic carbocycles. The minimum atomic E-state index is -0.344. The van der Waals surface area contributed by atoms with Crippen molar-refractivity contribution in [1.82, 2.24) is 0 Å². The summed E-state index contributed by atoms with van der Waals surface area (Å²) in [6.45, 7) is 0.856. The summed E-state index contributed by atoms with van der Waals surface area (Å²) in [4.78, 5) is 9.99. The van der Waals surface area contributed by atoms with Crippen LogP contribution in [0, 0.1) is 10.1 Å². The van der Waals surface area contributed by atoms with Gasteiger partial charge < -0.3 is 14.2 Å². The summed E-state index contributed by atoms with van der Waals surface area (Å²) >= 11 is 0. The van der Waals surface area contributed by atoms with Crippen molar-refractivity contribution in [1.29, 1.82) is 0 Å². The van der Waals surface area contributed by atoms with E-state index in [1.54, 1.807) is 12.1 Å². The van der Waals surface area contributed by atoms with Gasteiger partial charge in [0.15, 0.2) is 11.5 Å². The zero-order valence-corrected chi connectivity index (χ0v) is 9.47. The molecule has 0 fully saturated rings. The number of hydrogen-bond donors (Lipinski definition) is 0. The third kappa shape index (κ3) is 2.58. The van der Waals surface area contributed by atoms with Gasteiger partial charge in [-0.2, -0.15) is 0 Å². The van der Waals surface area contributed by atoms with E-state index >= 15 is 0 Å². The van der Waals surface area contributed by atoms with Gasteiger partial charge in [0.2, 0.25) is 12.3 Å². The van der Waals surface area contributed by atoms with E-state index in [1.165, 1.54) is 7.11 Å². The van der Waals surface area contributed by atoms with Crippen LogP contribution in [0.3, 0.4) is 0 Å². The van der Waals surface area contributed by atoms with E-state index in [2.05, 4.69) is 0 Å². The second kappa shape index (κ2) is 4.90. The van der Waals surface area contributed by atoms with Crippen molar-refractivity contribution >= 4 is 0 Å². The average Bonchev–Trinajstić information content (AvgIpc) is 2.35. The lowest BCUT2D eigenvalue weighted by Crippen LogP contribution is -2.16. The van der Waals surface area contributed by atoms with E-state index in [1.807, 2.05) is 0 Å². The molecule has 92 valence electrons. The molecule has 0 bridgehead atoms. The van der Waals surface area contributed by atoms with E-state index < -0.39 is 0 Å². The Morgan fingerprint density at radius 1 is 1.41 bits per heavy atom. The van der Waals surface area contributed by atoms with E-state index in [0.717, 1.165) is 5.56 Å². The van der Waals surface area contributed by atoms with Gasteiger partial charge in [0.05, 0.1) is 7.11 Å². The van der Waals surface area contributed by atoms with Crippen molar-refractivity contribution in [2.45, 2.75) is 6.42 Å². The molecular formula is C11H13NO5. The van der Waals surface area contributed by atoms with Crippen LogP contribution in [0.25, 0.3) is 0 Å². The summed E-state index contributed by atoms with van der Waals surface area (Å²) < 4.78 is 16.1. The number of nitro groups is 1. The van der Waals surface area contributed by atoms with Crippen LogP contribution >= 0.6 is 0 Å². The number of methoxy groups -OCH3 is 1. The highest BCUT2D eigenvalue weighted by atomic mass is 16.6. The van der Waals surface area contributed by atoms with Crippen LogP contribution in [0.5, 0.6) is 17.2 Å². The molecule has 2 rings (SSSR count). The Morgan fingerprint density at radius 3 is 2.88 bits per heavy atom. The number of rotatable bonds is 4. The molecule has 1 aromatic carbocycles. The normalized spacial score (nSPS) is 13.2. The van der Waals surface area contributed by atoms with Crippen LogP contribution in [0.2, 0.25) is 0 Å². The largest absolute Gasteiger partial charge is 0.493 e. The van der Waals surface area contributed by atoms with Crippen LogP contribution in [0.4, 0.5) is 0 Å². The maximum atomic E-state index is 10.3. The van der Waals surface area contributed by atoms with Crippen LogP contribution in [-0.2, 0) is 6.42 Å². The van der Waals surface area contributed by atoms with Gasteiger partial charge in [-0.25, -0.2) is 0 Å². The molecule has 1 heterocycles. The van der Waals surface area contributed by atoms with Crippen molar-refractivity contribution in [3.05, 3.63) is 27.8 Å². The fraction of sp³-hybridized carbons (Fsp3) is 0.455. The molecule has 0 radical (unpaired) electrons. The highest BCUT2D eigenvalue weighted by Crippen LogP contribution is 2.40. The van der Waals surface area contributed by atoms with Gasteiger partial charge in [-0.3, -0.25) is 10.1 Å². The van der Waals surface area contributed by atoms with E-state index in [0.29, 0.717) is 36.9 Å². The maximum Gasteiger partial charge on any atom is 0.207 e. The molecule has 0 unspecified atom stereocenters. The molecule has 6 nitrogen and oxygen atoms in total. The Bertz CT molecular complexity index is 415. The standard InChI is InChI=1S/C11H13NO5/c1-15-9-6-8(2-3-12(13)14)7-10-11(9)17-5-4-16-10/h6-7H,2-5H2,1H3. The zero-order valence-electron chi connectivity index (χ0n) is 9.47. The first-order chi connectivity index (χ1) is 8.20. The Labute approximate surface area is 98.2 Å². The van der Waals surface area contributed by atoms with Crippen LogP contribution in [0.1, 0.15) is 5.56 Å². The molecular weight excluding hydrogens is 226 g/mol. The minimum Gasteiger partial charge on any atom is -0.493 e. The Hall–Kier alpha value is -1.98. The predicted molar refractivity (Wildman–Crippen MR) is 59.5 cm³/mol. The number of hydrogen-bond acceptors (Lipinski definition) is 5. The van der Waals surface area contributed by atoms with Crippen LogP contribution in [0.15, 0.2) is 12.1 Å². The second-order valence-electron chi connectivity index (χ2n) is 3.63. The highest BCUT2D eigenvalue weighted by molar-refractivity contribution is 5.54. The molecule has 0 aromatic heterocycles. The lowest BCUT2D eigenvalue weighted by Gasteiger charge is -2.21. The highest BCUT2D eigenvalue weighted by Gasteiger charge is 2.18. The fourth-order valence-electron chi connectivity index (χ4n) is 1.69. The van der Waals surface area contributed by atoms with Crippen LogP contribution in [-0.4, -0.2) is 31.8 Å². The summed E-state index contributed by atoms with van der Waals surface area (Å²) in [5.74, 6) is 1.72. The molecule has 0 atom stereocenters. The smallest absolute Gasteiger partial charge is 0.207 e. The molecule has 0 N–H and O–H groups in total. The third-order valence-corrected chi connectivity index (χ3v) is 2.47. The fourth-order valence-corrected chi connectivity index (χ4v) is 1.69. The SMILES string of the molecule is COc1cc(CC[N+](=O)[O-])cc2c1OCCO2. The third-order valence-electron chi connectivity index (χ3n) is 2.47. The topological polar surface area (TPSA) is 70.8 Å². The van der Waals surface area contributed by atoms with Gasteiger partial charge in [-0.1, -0.05) is 0 Å². The summed E-state index contributed by atoms with van der Waals surface area (Å²) in [7, 11) is 1.53. The monoisotopic (exact) mass is 239 g/mol. The number of benzene rings is 1. The maximum absolute atomic E-state index is 10.3. The van der Waals surface area contributed by atoms with Crippen molar-refractivity contribution in [3.8, 4) is 17.2 Å². The molecule has 0 saturated carbocycles. The first-order valence-corrected chi connectivity index (χ1v) is 5.29. The first-order valence-electron chi connectivity index (χ1n) is 5.29. The summed E-state index contributed by atoms with van der Waals surface area (Å²) in [6.07, 6.45) is 0.347. The number of nitrogens with zero attached hydrogens (tertiary/aromatic N) is 1. The first kappa shape index (κ1) is 11.5. The van der Waals surface area contributed by atoms with E-state index in [4.69, 9.17) is 14.2 Å². The van der Waals surface area contributed by atoms with Gasteiger partial charge in [-0.15, -0.1) is 0 Å². The molecule has 6 heteroatoms. The zero-order chi connectivity index (χ0) is 12.3. The lowest BCUT2D eigenvalue weighted by molar-refractivity contribution is -0.479. The number of fused-ring (bicyclic) bond motifs is 1.